The molecule has 5 nitrogen and oxygen atoms in total. The summed E-state index contributed by atoms with van der Waals surface area (Å²) in [5.74, 6) is 1.54. The second-order valence-electron chi connectivity index (χ2n) is 4.86. The maximum Gasteiger partial charge on any atom is 0.213 e. The van der Waals surface area contributed by atoms with Gasteiger partial charge in [-0.1, -0.05) is 0 Å². The maximum absolute atomic E-state index is 5.42. The molecule has 0 spiro atoms. The summed E-state index contributed by atoms with van der Waals surface area (Å²) in [5, 5.41) is 3.38. The Balaban J connectivity index is 2.00. The van der Waals surface area contributed by atoms with E-state index in [0.717, 1.165) is 34.7 Å². The molecule has 1 N–H and O–H groups in total. The molecule has 2 aromatic rings. The van der Waals surface area contributed by atoms with Gasteiger partial charge in [-0.05, 0) is 25.5 Å². The van der Waals surface area contributed by atoms with Crippen molar-refractivity contribution in [2.45, 2.75) is 26.9 Å². The Morgan fingerprint density at radius 2 is 1.90 bits per heavy atom. The highest BCUT2D eigenvalue weighted by Crippen LogP contribution is 2.23. The van der Waals surface area contributed by atoms with Crippen LogP contribution in [0.15, 0.2) is 24.5 Å². The van der Waals surface area contributed by atoms with Crippen molar-refractivity contribution in [3.05, 3.63) is 46.9 Å². The predicted molar refractivity (Wildman–Crippen MR) is 81.6 cm³/mol. The van der Waals surface area contributed by atoms with Crippen LogP contribution < -0.4 is 14.8 Å². The highest BCUT2D eigenvalue weighted by Gasteiger charge is 2.09. The highest BCUT2D eigenvalue weighted by molar-refractivity contribution is 5.41. The van der Waals surface area contributed by atoms with Gasteiger partial charge < -0.3 is 14.8 Å². The van der Waals surface area contributed by atoms with Crippen LogP contribution in [0.2, 0.25) is 0 Å². The summed E-state index contributed by atoms with van der Waals surface area (Å²) in [6.07, 6.45) is 3.59. The van der Waals surface area contributed by atoms with E-state index in [1.165, 1.54) is 0 Å². The van der Waals surface area contributed by atoms with Crippen LogP contribution in [0.5, 0.6) is 11.6 Å². The van der Waals surface area contributed by atoms with E-state index in [2.05, 4.69) is 15.3 Å². The number of aromatic nitrogens is 2. The van der Waals surface area contributed by atoms with Gasteiger partial charge in [0.25, 0.3) is 0 Å². The molecule has 0 aliphatic carbocycles. The maximum atomic E-state index is 5.42. The Morgan fingerprint density at radius 1 is 1.10 bits per heavy atom. The molecule has 2 heterocycles. The quantitative estimate of drug-likeness (QED) is 0.884. The van der Waals surface area contributed by atoms with Crippen LogP contribution in [0.3, 0.4) is 0 Å². The number of hydrogen-bond acceptors (Lipinski definition) is 5. The number of hydrogen-bond donors (Lipinski definition) is 1. The number of nitrogens with one attached hydrogen (secondary N) is 1. The zero-order chi connectivity index (χ0) is 15.2. The second kappa shape index (κ2) is 7.04. The van der Waals surface area contributed by atoms with Crippen molar-refractivity contribution in [1.82, 2.24) is 15.3 Å². The van der Waals surface area contributed by atoms with Gasteiger partial charge in [-0.25, -0.2) is 4.98 Å². The van der Waals surface area contributed by atoms with E-state index in [0.29, 0.717) is 12.4 Å². The van der Waals surface area contributed by atoms with E-state index in [4.69, 9.17) is 9.47 Å². The fraction of sp³-hybridized carbons (Fsp3) is 0.375. The van der Waals surface area contributed by atoms with Gasteiger partial charge in [0.1, 0.15) is 5.75 Å². The molecule has 0 aliphatic rings. The lowest BCUT2D eigenvalue weighted by atomic mass is 10.1. The average molecular weight is 287 g/mol. The van der Waals surface area contributed by atoms with Crippen molar-refractivity contribution in [2.75, 3.05) is 14.2 Å². The molecule has 0 bridgehead atoms. The van der Waals surface area contributed by atoms with E-state index in [-0.39, 0.29) is 0 Å². The molecule has 0 atom stereocenters. The predicted octanol–water partition coefficient (Wildman–Crippen LogP) is 2.40. The first-order valence-corrected chi connectivity index (χ1v) is 6.84. The lowest BCUT2D eigenvalue weighted by Crippen LogP contribution is -2.15. The third-order valence-electron chi connectivity index (χ3n) is 3.38. The van der Waals surface area contributed by atoms with Gasteiger partial charge in [0, 0.05) is 42.7 Å². The fourth-order valence-corrected chi connectivity index (χ4v) is 2.25. The van der Waals surface area contributed by atoms with E-state index >= 15 is 0 Å². The number of nitrogens with zero attached hydrogens (tertiary/aromatic N) is 2. The standard InChI is InChI=1S/C16H21N3O2/c1-11-8-19-14(12(2)16(11)21-4)10-17-9-13-5-6-18-15(7-13)20-3/h5-8,17H,9-10H2,1-4H3. The van der Waals surface area contributed by atoms with Crippen molar-refractivity contribution in [2.24, 2.45) is 0 Å². The van der Waals surface area contributed by atoms with E-state index in [9.17, 15) is 0 Å². The second-order valence-corrected chi connectivity index (χ2v) is 4.86. The first-order valence-electron chi connectivity index (χ1n) is 6.84. The van der Waals surface area contributed by atoms with Gasteiger partial charge in [0.15, 0.2) is 0 Å². The molecule has 0 radical (unpaired) electrons. The molecule has 2 aromatic heterocycles. The van der Waals surface area contributed by atoms with Gasteiger partial charge in [-0.2, -0.15) is 0 Å². The number of pyridine rings is 2. The molecule has 0 unspecified atom stereocenters. The largest absolute Gasteiger partial charge is 0.496 e. The fourth-order valence-electron chi connectivity index (χ4n) is 2.25. The van der Waals surface area contributed by atoms with Gasteiger partial charge in [-0.3, -0.25) is 4.98 Å². The Hall–Kier alpha value is -2.14. The van der Waals surface area contributed by atoms with E-state index in [1.54, 1.807) is 20.4 Å². The van der Waals surface area contributed by atoms with Crippen LogP contribution in [0.1, 0.15) is 22.4 Å². The molecule has 0 amide bonds. The Bertz CT molecular complexity index is 614. The Kier molecular flexibility index (Phi) is 5.11. The first-order chi connectivity index (χ1) is 10.2. The average Bonchev–Trinajstić information content (AvgIpc) is 2.50. The van der Waals surface area contributed by atoms with Crippen LogP contribution in [0.4, 0.5) is 0 Å². The molecule has 2 rings (SSSR count). The Morgan fingerprint density at radius 3 is 2.62 bits per heavy atom. The topological polar surface area (TPSA) is 56.3 Å². The highest BCUT2D eigenvalue weighted by atomic mass is 16.5. The summed E-state index contributed by atoms with van der Waals surface area (Å²) in [5.41, 5.74) is 4.26. The minimum absolute atomic E-state index is 0.626. The zero-order valence-corrected chi connectivity index (χ0v) is 12.9. The van der Waals surface area contributed by atoms with Gasteiger partial charge in [0.2, 0.25) is 5.88 Å². The molecule has 5 heteroatoms. The van der Waals surface area contributed by atoms with Gasteiger partial charge >= 0.3 is 0 Å². The number of aryl methyl sites for hydroxylation is 1. The monoisotopic (exact) mass is 287 g/mol. The van der Waals surface area contributed by atoms with Crippen molar-refractivity contribution in [3.8, 4) is 11.6 Å². The molecule has 0 aliphatic heterocycles. The number of ether oxygens (including phenoxy) is 2. The summed E-state index contributed by atoms with van der Waals surface area (Å²) in [6.45, 7) is 5.45. The number of rotatable bonds is 6. The number of methoxy groups -OCH3 is 2. The van der Waals surface area contributed by atoms with Crippen LogP contribution >= 0.6 is 0 Å². The van der Waals surface area contributed by atoms with Crippen molar-refractivity contribution in [3.63, 3.8) is 0 Å². The lowest BCUT2D eigenvalue weighted by molar-refractivity contribution is 0.397. The summed E-state index contributed by atoms with van der Waals surface area (Å²) in [7, 11) is 3.31. The zero-order valence-electron chi connectivity index (χ0n) is 12.9. The van der Waals surface area contributed by atoms with Gasteiger partial charge in [0.05, 0.1) is 19.9 Å². The van der Waals surface area contributed by atoms with Crippen molar-refractivity contribution in [1.29, 1.82) is 0 Å². The van der Waals surface area contributed by atoms with Crippen LogP contribution in [0.25, 0.3) is 0 Å². The summed E-state index contributed by atoms with van der Waals surface area (Å²) in [4.78, 5) is 8.56. The van der Waals surface area contributed by atoms with Crippen molar-refractivity contribution < 1.29 is 9.47 Å². The first kappa shape index (κ1) is 15.3. The van der Waals surface area contributed by atoms with Crippen LogP contribution in [0, 0.1) is 13.8 Å². The van der Waals surface area contributed by atoms with Gasteiger partial charge in [-0.15, -0.1) is 0 Å². The SMILES string of the molecule is COc1cc(CNCc2ncc(C)c(OC)c2C)ccn1. The summed E-state index contributed by atoms with van der Waals surface area (Å²) >= 11 is 0. The van der Waals surface area contributed by atoms with Crippen LogP contribution in [-0.4, -0.2) is 24.2 Å². The molecule has 21 heavy (non-hydrogen) atoms. The molecular formula is C16H21N3O2. The van der Waals surface area contributed by atoms with E-state index in [1.807, 2.05) is 32.2 Å². The third-order valence-corrected chi connectivity index (χ3v) is 3.38. The molecule has 112 valence electrons. The molecule has 0 aromatic carbocycles. The van der Waals surface area contributed by atoms with E-state index < -0.39 is 0 Å². The lowest BCUT2D eigenvalue weighted by Gasteiger charge is -2.13. The summed E-state index contributed by atoms with van der Waals surface area (Å²) in [6, 6.07) is 3.88. The minimum atomic E-state index is 0.626. The Labute approximate surface area is 125 Å². The summed E-state index contributed by atoms with van der Waals surface area (Å²) < 4.78 is 10.5. The molecular weight excluding hydrogens is 266 g/mol. The van der Waals surface area contributed by atoms with Crippen molar-refractivity contribution >= 4 is 0 Å². The third kappa shape index (κ3) is 3.70. The molecule has 0 saturated carbocycles. The minimum Gasteiger partial charge on any atom is -0.496 e. The molecule has 0 fully saturated rings. The smallest absolute Gasteiger partial charge is 0.213 e. The normalized spacial score (nSPS) is 10.5. The molecule has 0 saturated heterocycles. The van der Waals surface area contributed by atoms with Crippen LogP contribution in [-0.2, 0) is 13.1 Å².